The lowest BCUT2D eigenvalue weighted by Gasteiger charge is -2.28. The van der Waals surface area contributed by atoms with E-state index in [1.165, 1.54) is 6.42 Å². The number of nitrogens with zero attached hydrogens (tertiary/aromatic N) is 1. The highest BCUT2D eigenvalue weighted by atomic mass is 35.5. The van der Waals surface area contributed by atoms with E-state index in [1.807, 2.05) is 18.2 Å². The Morgan fingerprint density at radius 1 is 1.37 bits per heavy atom. The van der Waals surface area contributed by atoms with Crippen LogP contribution >= 0.6 is 11.6 Å². The van der Waals surface area contributed by atoms with Crippen LogP contribution in [0.2, 0.25) is 5.02 Å². The van der Waals surface area contributed by atoms with Gasteiger partial charge in [-0.2, -0.15) is 0 Å². The summed E-state index contributed by atoms with van der Waals surface area (Å²) >= 11 is 6.00. The highest BCUT2D eigenvalue weighted by molar-refractivity contribution is 6.30. The minimum atomic E-state index is 0.247. The molecule has 3 nitrogen and oxygen atoms in total. The van der Waals surface area contributed by atoms with Gasteiger partial charge in [-0.1, -0.05) is 23.7 Å². The van der Waals surface area contributed by atoms with Crippen molar-refractivity contribution in [2.45, 2.75) is 37.8 Å². The van der Waals surface area contributed by atoms with Crippen LogP contribution in [0.25, 0.3) is 0 Å². The Balaban J connectivity index is 1.65. The van der Waals surface area contributed by atoms with Crippen LogP contribution in [-0.2, 0) is 11.2 Å². The van der Waals surface area contributed by atoms with Gasteiger partial charge in [0.15, 0.2) is 5.90 Å². The van der Waals surface area contributed by atoms with E-state index in [1.54, 1.807) is 0 Å². The normalized spacial score (nSPS) is 29.6. The predicted molar refractivity (Wildman–Crippen MR) is 77.6 cm³/mol. The number of ether oxygens (including phenoxy) is 1. The van der Waals surface area contributed by atoms with Gasteiger partial charge in [-0.15, -0.1) is 0 Å². The van der Waals surface area contributed by atoms with Gasteiger partial charge >= 0.3 is 0 Å². The first-order valence-corrected chi connectivity index (χ1v) is 7.30. The topological polar surface area (TPSA) is 47.6 Å². The zero-order chi connectivity index (χ0) is 13.2. The first kappa shape index (κ1) is 12.9. The zero-order valence-electron chi connectivity index (χ0n) is 10.9. The Morgan fingerprint density at radius 3 is 3.05 bits per heavy atom. The molecule has 3 atom stereocenters. The maximum Gasteiger partial charge on any atom is 0.188 e. The van der Waals surface area contributed by atoms with Crippen LogP contribution < -0.4 is 5.73 Å². The molecule has 19 heavy (non-hydrogen) atoms. The molecule has 2 N–H and O–H groups in total. The average molecular weight is 279 g/mol. The van der Waals surface area contributed by atoms with Gasteiger partial charge in [-0.05, 0) is 49.4 Å². The molecule has 0 saturated heterocycles. The van der Waals surface area contributed by atoms with E-state index in [0.717, 1.165) is 42.3 Å². The molecule has 102 valence electrons. The second-order valence-electron chi connectivity index (χ2n) is 5.47. The third-order valence-corrected chi connectivity index (χ3v) is 4.28. The molecule has 1 aliphatic heterocycles. The maximum atomic E-state index is 6.00. The van der Waals surface area contributed by atoms with Crippen LogP contribution in [0.4, 0.5) is 0 Å². The van der Waals surface area contributed by atoms with Crippen molar-refractivity contribution in [1.29, 1.82) is 0 Å². The summed E-state index contributed by atoms with van der Waals surface area (Å²) < 4.78 is 5.99. The number of hydrogen-bond donors (Lipinski definition) is 1. The molecule has 1 heterocycles. The largest absolute Gasteiger partial charge is 0.475 e. The Kier molecular flexibility index (Phi) is 3.76. The Morgan fingerprint density at radius 2 is 2.26 bits per heavy atom. The maximum absolute atomic E-state index is 6.00. The molecule has 4 heteroatoms. The molecule has 0 bridgehead atoms. The first-order chi connectivity index (χ1) is 9.24. The number of rotatable bonds is 3. The van der Waals surface area contributed by atoms with Crippen molar-refractivity contribution in [1.82, 2.24) is 0 Å². The number of fused-ring (bicyclic) bond motifs is 1. The lowest BCUT2D eigenvalue weighted by atomic mass is 9.84. The summed E-state index contributed by atoms with van der Waals surface area (Å²) in [5.41, 5.74) is 6.91. The van der Waals surface area contributed by atoms with Gasteiger partial charge in [0.25, 0.3) is 0 Å². The van der Waals surface area contributed by atoms with Crippen LogP contribution in [-0.4, -0.2) is 24.6 Å². The highest BCUT2D eigenvalue weighted by Gasteiger charge is 2.36. The Labute approximate surface area is 118 Å². The minimum absolute atomic E-state index is 0.247. The number of halogens is 1. The monoisotopic (exact) mass is 278 g/mol. The summed E-state index contributed by atoms with van der Waals surface area (Å²) in [6, 6.07) is 8.22. The molecular weight excluding hydrogens is 260 g/mol. The summed E-state index contributed by atoms with van der Waals surface area (Å²) in [7, 11) is 0. The van der Waals surface area contributed by atoms with Crippen LogP contribution in [0.1, 0.15) is 24.8 Å². The molecule has 2 aliphatic rings. The second kappa shape index (κ2) is 5.51. The predicted octanol–water partition coefficient (Wildman–Crippen LogP) is 2.81. The van der Waals surface area contributed by atoms with Crippen LogP contribution in [0.5, 0.6) is 0 Å². The SMILES string of the molecule is NCC1CCC2N=C(Cc3cccc(Cl)c3)OC2C1. The van der Waals surface area contributed by atoms with E-state index < -0.39 is 0 Å². The molecule has 0 amide bonds. The van der Waals surface area contributed by atoms with E-state index in [2.05, 4.69) is 6.07 Å². The second-order valence-corrected chi connectivity index (χ2v) is 5.90. The van der Waals surface area contributed by atoms with Crippen molar-refractivity contribution in [3.8, 4) is 0 Å². The summed E-state index contributed by atoms with van der Waals surface area (Å²) in [5, 5.41) is 0.761. The molecule has 1 aromatic carbocycles. The lowest BCUT2D eigenvalue weighted by molar-refractivity contribution is 0.121. The fourth-order valence-corrected chi connectivity index (χ4v) is 3.20. The third kappa shape index (κ3) is 2.93. The number of benzene rings is 1. The smallest absolute Gasteiger partial charge is 0.188 e. The van der Waals surface area contributed by atoms with Gasteiger partial charge in [0, 0.05) is 11.4 Å². The van der Waals surface area contributed by atoms with E-state index in [9.17, 15) is 0 Å². The fourth-order valence-electron chi connectivity index (χ4n) is 2.98. The third-order valence-electron chi connectivity index (χ3n) is 4.04. The zero-order valence-corrected chi connectivity index (χ0v) is 11.6. The van der Waals surface area contributed by atoms with Gasteiger partial charge in [0.05, 0.1) is 6.04 Å². The van der Waals surface area contributed by atoms with Crippen molar-refractivity contribution in [3.63, 3.8) is 0 Å². The quantitative estimate of drug-likeness (QED) is 0.924. The van der Waals surface area contributed by atoms with Gasteiger partial charge in [-0.25, -0.2) is 4.99 Å². The Bertz CT molecular complexity index is 489. The van der Waals surface area contributed by atoms with Crippen LogP contribution in [0.3, 0.4) is 0 Å². The van der Waals surface area contributed by atoms with Gasteiger partial charge < -0.3 is 10.5 Å². The molecule has 0 aromatic heterocycles. The summed E-state index contributed by atoms with van der Waals surface area (Å²) in [6.07, 6.45) is 4.31. The van der Waals surface area contributed by atoms with Crippen LogP contribution in [0.15, 0.2) is 29.3 Å². The van der Waals surface area contributed by atoms with Crippen molar-refractivity contribution < 1.29 is 4.74 Å². The highest BCUT2D eigenvalue weighted by Crippen LogP contribution is 2.32. The van der Waals surface area contributed by atoms with Crippen molar-refractivity contribution in [2.24, 2.45) is 16.6 Å². The number of aliphatic imine (C=N–C) groups is 1. The molecule has 0 spiro atoms. The molecule has 0 radical (unpaired) electrons. The van der Waals surface area contributed by atoms with E-state index in [4.69, 9.17) is 27.1 Å². The number of nitrogens with two attached hydrogens (primary N) is 1. The van der Waals surface area contributed by atoms with E-state index in [-0.39, 0.29) is 6.10 Å². The first-order valence-electron chi connectivity index (χ1n) is 6.92. The summed E-state index contributed by atoms with van der Waals surface area (Å²) in [5.74, 6) is 1.46. The minimum Gasteiger partial charge on any atom is -0.475 e. The van der Waals surface area contributed by atoms with Gasteiger partial charge in [0.2, 0.25) is 0 Å². The van der Waals surface area contributed by atoms with Gasteiger partial charge in [0.1, 0.15) is 6.10 Å². The molecule has 3 rings (SSSR count). The molecule has 1 saturated carbocycles. The standard InChI is InChI=1S/C15H19ClN2O/c16-12-3-1-2-10(6-12)8-15-18-13-5-4-11(9-17)7-14(13)19-15/h1-3,6,11,13-14H,4-5,7-9,17H2. The van der Waals surface area contributed by atoms with Crippen molar-refractivity contribution >= 4 is 17.5 Å². The average Bonchev–Trinajstić information content (AvgIpc) is 2.79. The Hall–Kier alpha value is -1.06. The number of hydrogen-bond acceptors (Lipinski definition) is 3. The van der Waals surface area contributed by atoms with E-state index in [0.29, 0.717) is 12.0 Å². The van der Waals surface area contributed by atoms with Crippen molar-refractivity contribution in [2.75, 3.05) is 6.54 Å². The van der Waals surface area contributed by atoms with Gasteiger partial charge in [-0.3, -0.25) is 0 Å². The molecule has 3 unspecified atom stereocenters. The van der Waals surface area contributed by atoms with Crippen molar-refractivity contribution in [3.05, 3.63) is 34.9 Å². The summed E-state index contributed by atoms with van der Waals surface area (Å²) in [6.45, 7) is 0.760. The van der Waals surface area contributed by atoms with Crippen LogP contribution in [0, 0.1) is 5.92 Å². The summed E-state index contributed by atoms with van der Waals surface area (Å²) in [4.78, 5) is 4.71. The molecule has 1 aliphatic carbocycles. The molecule has 1 fully saturated rings. The lowest BCUT2D eigenvalue weighted by Crippen LogP contribution is -2.34. The fraction of sp³-hybridized carbons (Fsp3) is 0.533. The molecule has 1 aromatic rings. The molecular formula is C15H19ClN2O. The van der Waals surface area contributed by atoms with E-state index >= 15 is 0 Å².